The van der Waals surface area contributed by atoms with E-state index < -0.39 is 0 Å². The van der Waals surface area contributed by atoms with E-state index >= 15 is 0 Å². The van der Waals surface area contributed by atoms with Gasteiger partial charge in [0.15, 0.2) is 0 Å². The van der Waals surface area contributed by atoms with Gasteiger partial charge in [-0.3, -0.25) is 0 Å². The zero-order valence-electron chi connectivity index (χ0n) is 8.72. The van der Waals surface area contributed by atoms with Crippen molar-refractivity contribution in [2.45, 2.75) is 19.9 Å². The van der Waals surface area contributed by atoms with Gasteiger partial charge in [-0.2, -0.15) is 0 Å². The summed E-state index contributed by atoms with van der Waals surface area (Å²) in [4.78, 5) is 0. The Bertz CT molecular complexity index is 450. The van der Waals surface area contributed by atoms with Crippen molar-refractivity contribution in [1.29, 1.82) is 0 Å². The lowest BCUT2D eigenvalue weighted by molar-refractivity contribution is 0.513. The number of nitrogens with one attached hydrogen (secondary N) is 1. The molecule has 15 heavy (non-hydrogen) atoms. The second-order valence-corrected chi connectivity index (χ2v) is 4.49. The average molecular weight is 268 g/mol. The van der Waals surface area contributed by atoms with E-state index in [-0.39, 0.29) is 0 Å². The first kappa shape index (κ1) is 10.7. The topological polar surface area (TPSA) is 25.2 Å². The molecule has 1 aromatic heterocycles. The lowest BCUT2D eigenvalue weighted by atomic mass is 10.2. The van der Waals surface area contributed by atoms with Gasteiger partial charge in [-0.15, -0.1) is 0 Å². The Balaban J connectivity index is 2.16. The SMILES string of the molecule is CCCNCc1cc2cc(Br)ccc2o1. The molecule has 1 aromatic carbocycles. The summed E-state index contributed by atoms with van der Waals surface area (Å²) in [7, 11) is 0. The van der Waals surface area contributed by atoms with Gasteiger partial charge >= 0.3 is 0 Å². The van der Waals surface area contributed by atoms with Crippen LogP contribution in [0.3, 0.4) is 0 Å². The van der Waals surface area contributed by atoms with Crippen molar-refractivity contribution >= 4 is 26.9 Å². The van der Waals surface area contributed by atoms with Crippen molar-refractivity contribution in [1.82, 2.24) is 5.32 Å². The van der Waals surface area contributed by atoms with Gasteiger partial charge in [0.05, 0.1) is 6.54 Å². The summed E-state index contributed by atoms with van der Waals surface area (Å²) in [6.07, 6.45) is 1.14. The van der Waals surface area contributed by atoms with Gasteiger partial charge in [0.25, 0.3) is 0 Å². The van der Waals surface area contributed by atoms with Crippen LogP contribution in [0.4, 0.5) is 0 Å². The molecular formula is C12H14BrNO. The number of fused-ring (bicyclic) bond motifs is 1. The van der Waals surface area contributed by atoms with Crippen LogP contribution in [0.15, 0.2) is 33.2 Å². The van der Waals surface area contributed by atoms with E-state index in [4.69, 9.17) is 4.42 Å². The van der Waals surface area contributed by atoms with Gasteiger partial charge in [-0.25, -0.2) is 0 Å². The molecule has 0 aliphatic rings. The molecule has 0 spiro atoms. The van der Waals surface area contributed by atoms with Crippen LogP contribution in [-0.2, 0) is 6.54 Å². The largest absolute Gasteiger partial charge is 0.460 e. The minimum absolute atomic E-state index is 0.806. The van der Waals surface area contributed by atoms with Crippen molar-refractivity contribution < 1.29 is 4.42 Å². The molecule has 0 unspecified atom stereocenters. The third-order valence-electron chi connectivity index (χ3n) is 2.26. The molecule has 0 saturated heterocycles. The number of hydrogen-bond acceptors (Lipinski definition) is 2. The van der Waals surface area contributed by atoms with E-state index in [1.165, 1.54) is 0 Å². The summed E-state index contributed by atoms with van der Waals surface area (Å²) in [6, 6.07) is 8.14. The average Bonchev–Trinajstić information content (AvgIpc) is 2.60. The highest BCUT2D eigenvalue weighted by Crippen LogP contribution is 2.23. The number of hydrogen-bond donors (Lipinski definition) is 1. The lowest BCUT2D eigenvalue weighted by Crippen LogP contribution is -2.12. The molecule has 2 nitrogen and oxygen atoms in total. The molecule has 0 aliphatic carbocycles. The molecule has 80 valence electrons. The van der Waals surface area contributed by atoms with Crippen LogP contribution in [0.1, 0.15) is 19.1 Å². The van der Waals surface area contributed by atoms with Gasteiger partial charge in [0.1, 0.15) is 11.3 Å². The third-order valence-corrected chi connectivity index (χ3v) is 2.75. The Morgan fingerprint density at radius 1 is 1.33 bits per heavy atom. The van der Waals surface area contributed by atoms with Crippen molar-refractivity contribution in [3.63, 3.8) is 0 Å². The molecule has 1 heterocycles. The predicted octanol–water partition coefficient (Wildman–Crippen LogP) is 3.69. The Kier molecular flexibility index (Phi) is 3.44. The highest BCUT2D eigenvalue weighted by Gasteiger charge is 2.03. The third kappa shape index (κ3) is 2.61. The normalized spacial score (nSPS) is 11.1. The molecule has 0 amide bonds. The summed E-state index contributed by atoms with van der Waals surface area (Å²) >= 11 is 3.45. The van der Waals surface area contributed by atoms with E-state index in [0.29, 0.717) is 0 Å². The second-order valence-electron chi connectivity index (χ2n) is 3.57. The number of furan rings is 1. The number of rotatable bonds is 4. The van der Waals surface area contributed by atoms with E-state index in [1.807, 2.05) is 12.1 Å². The molecule has 0 aliphatic heterocycles. The quantitative estimate of drug-likeness (QED) is 0.855. The van der Waals surface area contributed by atoms with Gasteiger partial charge in [-0.1, -0.05) is 22.9 Å². The first-order valence-electron chi connectivity index (χ1n) is 5.18. The fraction of sp³-hybridized carbons (Fsp3) is 0.333. The zero-order chi connectivity index (χ0) is 10.7. The minimum atomic E-state index is 0.806. The van der Waals surface area contributed by atoms with Crippen molar-refractivity contribution in [3.8, 4) is 0 Å². The van der Waals surface area contributed by atoms with Crippen molar-refractivity contribution in [2.24, 2.45) is 0 Å². The first-order valence-corrected chi connectivity index (χ1v) is 5.97. The fourth-order valence-corrected chi connectivity index (χ4v) is 1.92. The highest BCUT2D eigenvalue weighted by atomic mass is 79.9. The van der Waals surface area contributed by atoms with Crippen LogP contribution >= 0.6 is 15.9 Å². The van der Waals surface area contributed by atoms with Gasteiger partial charge in [0.2, 0.25) is 0 Å². The molecule has 1 N–H and O–H groups in total. The maximum atomic E-state index is 5.69. The van der Waals surface area contributed by atoms with Gasteiger partial charge < -0.3 is 9.73 Å². The maximum Gasteiger partial charge on any atom is 0.134 e. The molecule has 3 heteroatoms. The summed E-state index contributed by atoms with van der Waals surface area (Å²) < 4.78 is 6.77. The van der Waals surface area contributed by atoms with Crippen LogP contribution in [0.5, 0.6) is 0 Å². The second kappa shape index (κ2) is 4.81. The molecule has 0 atom stereocenters. The zero-order valence-corrected chi connectivity index (χ0v) is 10.3. The van der Waals surface area contributed by atoms with Crippen molar-refractivity contribution in [2.75, 3.05) is 6.54 Å². The van der Waals surface area contributed by atoms with Crippen LogP contribution in [0, 0.1) is 0 Å². The molecule has 2 rings (SSSR count). The first-order chi connectivity index (χ1) is 7.29. The lowest BCUT2D eigenvalue weighted by Gasteiger charge is -1.97. The van der Waals surface area contributed by atoms with Gasteiger partial charge in [-0.05, 0) is 37.2 Å². The molecule has 0 bridgehead atoms. The van der Waals surface area contributed by atoms with Crippen LogP contribution < -0.4 is 5.32 Å². The number of benzene rings is 1. The van der Waals surface area contributed by atoms with E-state index in [1.54, 1.807) is 0 Å². The van der Waals surface area contributed by atoms with Crippen LogP contribution in [0.2, 0.25) is 0 Å². The predicted molar refractivity (Wildman–Crippen MR) is 65.9 cm³/mol. The standard InChI is InChI=1S/C12H14BrNO/c1-2-5-14-8-11-7-9-6-10(13)3-4-12(9)15-11/h3-4,6-7,14H,2,5,8H2,1H3. The van der Waals surface area contributed by atoms with Crippen LogP contribution in [-0.4, -0.2) is 6.54 Å². The van der Waals surface area contributed by atoms with E-state index in [2.05, 4.69) is 40.3 Å². The molecule has 0 fully saturated rings. The van der Waals surface area contributed by atoms with E-state index in [9.17, 15) is 0 Å². The summed E-state index contributed by atoms with van der Waals surface area (Å²) in [5.74, 6) is 0.997. The monoisotopic (exact) mass is 267 g/mol. The minimum Gasteiger partial charge on any atom is -0.460 e. The van der Waals surface area contributed by atoms with Gasteiger partial charge in [0, 0.05) is 9.86 Å². The molecule has 0 saturated carbocycles. The molecular weight excluding hydrogens is 254 g/mol. The Morgan fingerprint density at radius 3 is 3.00 bits per heavy atom. The Hall–Kier alpha value is -0.800. The maximum absolute atomic E-state index is 5.69. The van der Waals surface area contributed by atoms with E-state index in [0.717, 1.165) is 40.7 Å². The van der Waals surface area contributed by atoms with Crippen LogP contribution in [0.25, 0.3) is 11.0 Å². The summed E-state index contributed by atoms with van der Waals surface area (Å²) in [6.45, 7) is 3.99. The Labute approximate surface area is 97.8 Å². The summed E-state index contributed by atoms with van der Waals surface area (Å²) in [5.41, 5.74) is 0.950. The number of halogens is 1. The molecule has 0 radical (unpaired) electrons. The highest BCUT2D eigenvalue weighted by molar-refractivity contribution is 9.10. The Morgan fingerprint density at radius 2 is 2.20 bits per heavy atom. The molecule has 2 aromatic rings. The smallest absolute Gasteiger partial charge is 0.134 e. The van der Waals surface area contributed by atoms with Crippen molar-refractivity contribution in [3.05, 3.63) is 34.5 Å². The fourth-order valence-electron chi connectivity index (χ4n) is 1.54. The summed E-state index contributed by atoms with van der Waals surface area (Å²) in [5, 5.41) is 4.47.